The molecule has 0 aliphatic carbocycles. The Morgan fingerprint density at radius 3 is 2.37 bits per heavy atom. The number of pyridine rings is 1. The van der Waals surface area contributed by atoms with Gasteiger partial charge in [-0.15, -0.1) is 0 Å². The van der Waals surface area contributed by atoms with Crippen LogP contribution < -0.4 is 5.14 Å². The van der Waals surface area contributed by atoms with Crippen molar-refractivity contribution in [2.45, 2.75) is 0 Å². The Bertz CT molecular complexity index is 567. The van der Waals surface area contributed by atoms with Crippen molar-refractivity contribution in [3.63, 3.8) is 0 Å². The van der Waals surface area contributed by atoms with E-state index in [0.29, 0.717) is 23.8 Å². The van der Waals surface area contributed by atoms with E-state index in [9.17, 15) is 13.2 Å². The van der Waals surface area contributed by atoms with Crippen LogP contribution in [0, 0.1) is 0 Å². The second-order valence-electron chi connectivity index (χ2n) is 4.11. The lowest BCUT2D eigenvalue weighted by Crippen LogP contribution is -2.52. The van der Waals surface area contributed by atoms with Gasteiger partial charge < -0.3 is 4.90 Å². The molecule has 2 N–H and O–H groups in total. The van der Waals surface area contributed by atoms with E-state index in [-0.39, 0.29) is 19.0 Å². The summed E-state index contributed by atoms with van der Waals surface area (Å²) in [5.74, 6) is -0.196. The number of piperazine rings is 1. The lowest BCUT2D eigenvalue weighted by Gasteiger charge is -2.32. The Labute approximate surface area is 116 Å². The lowest BCUT2D eigenvalue weighted by atomic mass is 10.2. The second kappa shape index (κ2) is 5.41. The molecule has 1 aliphatic rings. The van der Waals surface area contributed by atoms with Gasteiger partial charge in [0.05, 0.1) is 5.56 Å². The minimum atomic E-state index is -3.68. The maximum atomic E-state index is 12.1. The highest BCUT2D eigenvalue weighted by molar-refractivity contribution is 7.86. The fraction of sp³-hybridized carbons (Fsp3) is 0.400. The molecular formula is C10H13ClN4O3S. The number of halogens is 1. The van der Waals surface area contributed by atoms with E-state index >= 15 is 0 Å². The number of carbonyl (C=O) groups excluding carboxylic acids is 1. The molecule has 2 heterocycles. The molecule has 1 fully saturated rings. The summed E-state index contributed by atoms with van der Waals surface area (Å²) in [5, 5.41) is 5.34. The van der Waals surface area contributed by atoms with Gasteiger partial charge in [-0.3, -0.25) is 4.79 Å². The minimum absolute atomic E-state index is 0.196. The van der Waals surface area contributed by atoms with Crippen molar-refractivity contribution >= 4 is 27.7 Å². The second-order valence-corrected chi connectivity index (χ2v) is 6.04. The van der Waals surface area contributed by atoms with E-state index in [1.54, 1.807) is 11.0 Å². The first kappa shape index (κ1) is 14.2. The van der Waals surface area contributed by atoms with Gasteiger partial charge in [0.2, 0.25) is 0 Å². The van der Waals surface area contributed by atoms with Crippen LogP contribution in [0.2, 0.25) is 5.15 Å². The summed E-state index contributed by atoms with van der Waals surface area (Å²) in [7, 11) is -3.68. The van der Waals surface area contributed by atoms with Crippen LogP contribution in [-0.4, -0.2) is 54.7 Å². The zero-order chi connectivity index (χ0) is 14.0. The highest BCUT2D eigenvalue weighted by Crippen LogP contribution is 2.11. The molecule has 0 radical (unpaired) electrons. The number of nitrogens with zero attached hydrogens (tertiary/aromatic N) is 3. The summed E-state index contributed by atoms with van der Waals surface area (Å²) in [6, 6.07) is 3.12. The van der Waals surface area contributed by atoms with Gasteiger partial charge in [0.25, 0.3) is 16.1 Å². The van der Waals surface area contributed by atoms with Crippen LogP contribution >= 0.6 is 11.6 Å². The molecule has 0 aromatic carbocycles. The van der Waals surface area contributed by atoms with Crippen LogP contribution in [0.15, 0.2) is 18.3 Å². The minimum Gasteiger partial charge on any atom is -0.336 e. The van der Waals surface area contributed by atoms with Crippen molar-refractivity contribution in [1.82, 2.24) is 14.2 Å². The van der Waals surface area contributed by atoms with Crippen molar-refractivity contribution in [1.29, 1.82) is 0 Å². The lowest BCUT2D eigenvalue weighted by molar-refractivity contribution is 0.0697. The van der Waals surface area contributed by atoms with E-state index in [1.165, 1.54) is 12.3 Å². The normalized spacial score (nSPS) is 17.5. The predicted octanol–water partition coefficient (Wildman–Crippen LogP) is -0.304. The van der Waals surface area contributed by atoms with Crippen molar-refractivity contribution in [3.05, 3.63) is 29.0 Å². The van der Waals surface area contributed by atoms with Gasteiger partial charge in [-0.1, -0.05) is 11.6 Å². The van der Waals surface area contributed by atoms with Gasteiger partial charge in [-0.05, 0) is 12.1 Å². The van der Waals surface area contributed by atoms with E-state index < -0.39 is 10.2 Å². The first-order valence-electron chi connectivity index (χ1n) is 5.56. The van der Waals surface area contributed by atoms with Crippen molar-refractivity contribution in [3.8, 4) is 0 Å². The Balaban J connectivity index is 2.02. The van der Waals surface area contributed by atoms with Gasteiger partial charge in [0.1, 0.15) is 5.15 Å². The number of carbonyl (C=O) groups is 1. The zero-order valence-corrected chi connectivity index (χ0v) is 11.6. The van der Waals surface area contributed by atoms with Crippen LogP contribution in [0.3, 0.4) is 0 Å². The Morgan fingerprint density at radius 1 is 1.26 bits per heavy atom. The molecule has 0 atom stereocenters. The number of amides is 1. The third kappa shape index (κ3) is 3.41. The summed E-state index contributed by atoms with van der Waals surface area (Å²) < 4.78 is 23.4. The van der Waals surface area contributed by atoms with E-state index in [2.05, 4.69) is 4.98 Å². The highest BCUT2D eigenvalue weighted by atomic mass is 35.5. The average molecular weight is 305 g/mol. The molecule has 0 bridgehead atoms. The summed E-state index contributed by atoms with van der Waals surface area (Å²) in [6.07, 6.45) is 1.40. The molecule has 9 heteroatoms. The fourth-order valence-corrected chi connectivity index (χ4v) is 2.61. The third-order valence-corrected chi connectivity index (χ3v) is 4.17. The molecule has 1 aromatic rings. The molecule has 7 nitrogen and oxygen atoms in total. The SMILES string of the molecule is NS(=O)(=O)N1CCN(C(=O)c2ccc(Cl)nc2)CC1. The van der Waals surface area contributed by atoms with E-state index in [4.69, 9.17) is 16.7 Å². The molecule has 0 unspecified atom stereocenters. The first-order valence-corrected chi connectivity index (χ1v) is 7.45. The molecule has 2 rings (SSSR count). The monoisotopic (exact) mass is 304 g/mol. The molecular weight excluding hydrogens is 292 g/mol. The Hall–Kier alpha value is -1.22. The molecule has 19 heavy (non-hydrogen) atoms. The van der Waals surface area contributed by atoms with Crippen molar-refractivity contribution in [2.75, 3.05) is 26.2 Å². The van der Waals surface area contributed by atoms with Crippen LogP contribution in [0.4, 0.5) is 0 Å². The fourth-order valence-electron chi connectivity index (χ4n) is 1.83. The number of hydrogen-bond acceptors (Lipinski definition) is 4. The molecule has 1 amide bonds. The molecule has 104 valence electrons. The highest BCUT2D eigenvalue weighted by Gasteiger charge is 2.26. The van der Waals surface area contributed by atoms with Gasteiger partial charge in [-0.25, -0.2) is 10.1 Å². The van der Waals surface area contributed by atoms with Crippen LogP contribution in [0.1, 0.15) is 10.4 Å². The summed E-state index contributed by atoms with van der Waals surface area (Å²) in [6.45, 7) is 1.01. The largest absolute Gasteiger partial charge is 0.336 e. The van der Waals surface area contributed by atoms with Crippen molar-refractivity contribution < 1.29 is 13.2 Å². The summed E-state index contributed by atoms with van der Waals surface area (Å²) in [5.41, 5.74) is 0.424. The molecule has 0 saturated carbocycles. The van der Waals surface area contributed by atoms with Gasteiger partial charge in [0.15, 0.2) is 0 Å². The van der Waals surface area contributed by atoms with Crippen LogP contribution in [-0.2, 0) is 10.2 Å². The standard InChI is InChI=1S/C10H13ClN4O3S/c11-9-2-1-8(7-13-9)10(16)14-3-5-15(6-4-14)19(12,17)18/h1-2,7H,3-6H2,(H2,12,17,18). The zero-order valence-electron chi connectivity index (χ0n) is 9.99. The van der Waals surface area contributed by atoms with Crippen LogP contribution in [0.25, 0.3) is 0 Å². The van der Waals surface area contributed by atoms with Gasteiger partial charge in [-0.2, -0.15) is 12.7 Å². The number of nitrogens with two attached hydrogens (primary N) is 1. The quantitative estimate of drug-likeness (QED) is 0.758. The summed E-state index contributed by atoms with van der Waals surface area (Å²) >= 11 is 5.65. The Morgan fingerprint density at radius 2 is 1.89 bits per heavy atom. The average Bonchev–Trinajstić information content (AvgIpc) is 2.38. The number of hydrogen-bond donors (Lipinski definition) is 1. The van der Waals surface area contributed by atoms with E-state index in [0.717, 1.165) is 4.31 Å². The summed E-state index contributed by atoms with van der Waals surface area (Å²) in [4.78, 5) is 17.5. The third-order valence-electron chi connectivity index (χ3n) is 2.86. The smallest absolute Gasteiger partial charge is 0.277 e. The molecule has 0 spiro atoms. The van der Waals surface area contributed by atoms with E-state index in [1.807, 2.05) is 0 Å². The van der Waals surface area contributed by atoms with Crippen LogP contribution in [0.5, 0.6) is 0 Å². The molecule has 1 aliphatic heterocycles. The topological polar surface area (TPSA) is 96.6 Å². The first-order chi connectivity index (χ1) is 8.88. The molecule has 1 saturated heterocycles. The van der Waals surface area contributed by atoms with Crippen molar-refractivity contribution in [2.24, 2.45) is 5.14 Å². The number of rotatable bonds is 2. The maximum Gasteiger partial charge on any atom is 0.277 e. The van der Waals surface area contributed by atoms with Gasteiger partial charge in [0, 0.05) is 32.4 Å². The number of aromatic nitrogens is 1. The predicted molar refractivity (Wildman–Crippen MR) is 69.8 cm³/mol. The van der Waals surface area contributed by atoms with Gasteiger partial charge >= 0.3 is 0 Å². The maximum absolute atomic E-state index is 12.1. The Kier molecular flexibility index (Phi) is 4.04. The molecule has 1 aromatic heterocycles.